The van der Waals surface area contributed by atoms with Crippen LogP contribution in [-0.2, 0) is 17.6 Å². The van der Waals surface area contributed by atoms with Crippen molar-refractivity contribution >= 4 is 11.6 Å². The molecule has 3 aromatic carbocycles. The smallest absolute Gasteiger partial charge is 0.240 e. The Hall–Kier alpha value is -3.11. The third-order valence-corrected chi connectivity index (χ3v) is 7.57. The molecular formula is C31H37N3O. The molecule has 1 aliphatic heterocycles. The van der Waals surface area contributed by atoms with Gasteiger partial charge in [-0.3, -0.25) is 4.79 Å². The first-order valence-corrected chi connectivity index (χ1v) is 13.0. The molecule has 1 saturated carbocycles. The third-order valence-electron chi connectivity index (χ3n) is 7.57. The molecule has 0 aromatic heterocycles. The summed E-state index contributed by atoms with van der Waals surface area (Å²) in [5.74, 6) is 0.0955. The molecule has 0 saturated heterocycles. The Bertz CT molecular complexity index is 1190. The minimum atomic E-state index is -0.526. The zero-order chi connectivity index (χ0) is 24.5. The van der Waals surface area contributed by atoms with Crippen LogP contribution in [0.3, 0.4) is 0 Å². The number of hydrogen-bond donors (Lipinski definition) is 2. The standard InChI is InChI=1S/C31H37N3O/c1-20-15-21(2)26(22(3)16-20)19-28(32)31(35)34(25-10-11-25)30-13-14-33-29-12-9-24(18-27(29)30)17-23-7-5-4-6-8-23/h4-9,12,15-16,18,25,28,30,33H,10-11,13-14,17,19,32H2,1-3H3. The van der Waals surface area contributed by atoms with E-state index in [4.69, 9.17) is 5.73 Å². The lowest BCUT2D eigenvalue weighted by Gasteiger charge is -2.38. The fourth-order valence-corrected chi connectivity index (χ4v) is 5.75. The second-order valence-corrected chi connectivity index (χ2v) is 10.5. The number of anilines is 1. The summed E-state index contributed by atoms with van der Waals surface area (Å²) in [6.07, 6.45) is 4.54. The minimum absolute atomic E-state index is 0.0771. The van der Waals surface area contributed by atoms with E-state index in [0.29, 0.717) is 12.5 Å². The summed E-state index contributed by atoms with van der Waals surface area (Å²) in [7, 11) is 0. The predicted octanol–water partition coefficient (Wildman–Crippen LogP) is 5.62. The van der Waals surface area contributed by atoms with Crippen molar-refractivity contribution in [2.45, 2.75) is 71.0 Å². The Balaban J connectivity index is 1.41. The van der Waals surface area contributed by atoms with Gasteiger partial charge in [0.05, 0.1) is 12.1 Å². The first-order valence-electron chi connectivity index (χ1n) is 13.0. The summed E-state index contributed by atoms with van der Waals surface area (Å²) in [4.78, 5) is 16.0. The molecule has 1 fully saturated rings. The molecule has 35 heavy (non-hydrogen) atoms. The fraction of sp³-hybridized carbons (Fsp3) is 0.387. The predicted molar refractivity (Wildman–Crippen MR) is 144 cm³/mol. The summed E-state index contributed by atoms with van der Waals surface area (Å²) < 4.78 is 0. The van der Waals surface area contributed by atoms with Crippen molar-refractivity contribution in [2.24, 2.45) is 5.73 Å². The number of carbonyl (C=O) groups excluding carboxylic acids is 1. The molecule has 2 unspecified atom stereocenters. The number of rotatable bonds is 7. The molecule has 1 amide bonds. The van der Waals surface area contributed by atoms with E-state index in [0.717, 1.165) is 37.9 Å². The highest BCUT2D eigenvalue weighted by Crippen LogP contribution is 2.41. The quantitative estimate of drug-likeness (QED) is 0.474. The van der Waals surface area contributed by atoms with Crippen molar-refractivity contribution in [3.8, 4) is 0 Å². The number of nitrogens with two attached hydrogens (primary N) is 1. The van der Waals surface area contributed by atoms with Crippen LogP contribution in [0.4, 0.5) is 5.69 Å². The van der Waals surface area contributed by atoms with Gasteiger partial charge in [0.25, 0.3) is 0 Å². The van der Waals surface area contributed by atoms with Crippen LogP contribution in [0.5, 0.6) is 0 Å². The van der Waals surface area contributed by atoms with Crippen LogP contribution in [0.1, 0.15) is 64.2 Å². The average molecular weight is 468 g/mol. The molecule has 4 heteroatoms. The Morgan fingerprint density at radius 1 is 0.971 bits per heavy atom. The highest BCUT2D eigenvalue weighted by molar-refractivity contribution is 5.83. The van der Waals surface area contributed by atoms with E-state index in [-0.39, 0.29) is 11.9 Å². The Kier molecular flexibility index (Phi) is 6.66. The largest absolute Gasteiger partial charge is 0.385 e. The zero-order valence-corrected chi connectivity index (χ0v) is 21.2. The maximum atomic E-state index is 13.9. The van der Waals surface area contributed by atoms with Crippen LogP contribution in [0, 0.1) is 20.8 Å². The van der Waals surface area contributed by atoms with Gasteiger partial charge in [-0.2, -0.15) is 0 Å². The SMILES string of the molecule is Cc1cc(C)c(CC(N)C(=O)N(C2CC2)C2CCNc3ccc(Cc4ccccc4)cc32)c(C)c1. The van der Waals surface area contributed by atoms with Crippen LogP contribution in [0.15, 0.2) is 60.7 Å². The number of nitrogens with one attached hydrogen (secondary N) is 1. The molecule has 1 heterocycles. The van der Waals surface area contributed by atoms with E-state index in [1.165, 1.54) is 38.9 Å². The Labute approximate surface area is 209 Å². The van der Waals surface area contributed by atoms with Crippen LogP contribution in [-0.4, -0.2) is 29.4 Å². The lowest BCUT2D eigenvalue weighted by Crippen LogP contribution is -2.48. The van der Waals surface area contributed by atoms with Gasteiger partial charge in [0.1, 0.15) is 0 Å². The number of fused-ring (bicyclic) bond motifs is 1. The summed E-state index contributed by atoms with van der Waals surface area (Å²) in [6.45, 7) is 7.24. The first kappa shape index (κ1) is 23.6. The van der Waals surface area contributed by atoms with Crippen LogP contribution in [0.2, 0.25) is 0 Å². The molecule has 0 radical (unpaired) electrons. The number of hydrogen-bond acceptors (Lipinski definition) is 3. The van der Waals surface area contributed by atoms with E-state index in [9.17, 15) is 4.79 Å². The van der Waals surface area contributed by atoms with Gasteiger partial charge >= 0.3 is 0 Å². The minimum Gasteiger partial charge on any atom is -0.385 e. The van der Waals surface area contributed by atoms with E-state index in [1.54, 1.807) is 0 Å². The third kappa shape index (κ3) is 5.13. The lowest BCUT2D eigenvalue weighted by molar-refractivity contribution is -0.136. The van der Waals surface area contributed by atoms with Crippen molar-refractivity contribution in [1.82, 2.24) is 4.90 Å². The highest BCUT2D eigenvalue weighted by atomic mass is 16.2. The number of benzene rings is 3. The van der Waals surface area contributed by atoms with Crippen molar-refractivity contribution in [3.63, 3.8) is 0 Å². The van der Waals surface area contributed by atoms with E-state index < -0.39 is 6.04 Å². The zero-order valence-electron chi connectivity index (χ0n) is 21.2. The summed E-state index contributed by atoms with van der Waals surface area (Å²) in [5, 5.41) is 3.56. The average Bonchev–Trinajstić information content (AvgIpc) is 3.67. The van der Waals surface area contributed by atoms with Crippen molar-refractivity contribution in [2.75, 3.05) is 11.9 Å². The first-order chi connectivity index (χ1) is 16.9. The van der Waals surface area contributed by atoms with Gasteiger partial charge in [-0.25, -0.2) is 0 Å². The van der Waals surface area contributed by atoms with Crippen LogP contribution in [0.25, 0.3) is 0 Å². The topological polar surface area (TPSA) is 58.4 Å². The van der Waals surface area contributed by atoms with Crippen LogP contribution < -0.4 is 11.1 Å². The van der Waals surface area contributed by atoms with Gasteiger partial charge in [-0.15, -0.1) is 0 Å². The monoisotopic (exact) mass is 467 g/mol. The van der Waals surface area contributed by atoms with Gasteiger partial charge in [0.15, 0.2) is 0 Å². The Morgan fingerprint density at radius 3 is 2.37 bits per heavy atom. The molecule has 0 spiro atoms. The molecular weight excluding hydrogens is 430 g/mol. The second kappa shape index (κ2) is 9.87. The number of nitrogens with zero attached hydrogens (tertiary/aromatic N) is 1. The normalized spacial score (nSPS) is 17.9. The maximum Gasteiger partial charge on any atom is 0.240 e. The fourth-order valence-electron chi connectivity index (χ4n) is 5.75. The molecule has 5 rings (SSSR count). The van der Waals surface area contributed by atoms with Gasteiger partial charge < -0.3 is 16.0 Å². The van der Waals surface area contributed by atoms with E-state index in [1.807, 2.05) is 0 Å². The Morgan fingerprint density at radius 2 is 1.69 bits per heavy atom. The maximum absolute atomic E-state index is 13.9. The van der Waals surface area contributed by atoms with Crippen LogP contribution >= 0.6 is 0 Å². The molecule has 3 N–H and O–H groups in total. The molecule has 182 valence electrons. The summed E-state index contributed by atoms with van der Waals surface area (Å²) >= 11 is 0. The molecule has 2 atom stereocenters. The second-order valence-electron chi connectivity index (χ2n) is 10.5. The molecule has 0 bridgehead atoms. The lowest BCUT2D eigenvalue weighted by atomic mass is 9.91. The van der Waals surface area contributed by atoms with Gasteiger partial charge in [0, 0.05) is 18.3 Å². The summed E-state index contributed by atoms with van der Waals surface area (Å²) in [6, 6.07) is 21.5. The highest BCUT2D eigenvalue weighted by Gasteiger charge is 2.41. The van der Waals surface area contributed by atoms with E-state index in [2.05, 4.69) is 91.7 Å². The molecule has 4 nitrogen and oxygen atoms in total. The molecule has 3 aromatic rings. The van der Waals surface area contributed by atoms with Gasteiger partial charge in [-0.05, 0) is 92.3 Å². The van der Waals surface area contributed by atoms with Gasteiger partial charge in [0.2, 0.25) is 5.91 Å². The van der Waals surface area contributed by atoms with Crippen molar-refractivity contribution < 1.29 is 4.79 Å². The van der Waals surface area contributed by atoms with Crippen molar-refractivity contribution in [3.05, 3.63) is 99.6 Å². The number of carbonyl (C=O) groups is 1. The van der Waals surface area contributed by atoms with E-state index >= 15 is 0 Å². The molecule has 1 aliphatic carbocycles. The van der Waals surface area contributed by atoms with Crippen molar-refractivity contribution in [1.29, 1.82) is 0 Å². The molecule has 2 aliphatic rings. The van der Waals surface area contributed by atoms with Gasteiger partial charge in [-0.1, -0.05) is 60.2 Å². The summed E-state index contributed by atoms with van der Waals surface area (Å²) in [5.41, 5.74) is 16.5. The number of amides is 1. The number of aryl methyl sites for hydroxylation is 3.